The van der Waals surface area contributed by atoms with Crippen LogP contribution in [0.5, 0.6) is 0 Å². The fourth-order valence-electron chi connectivity index (χ4n) is 2.44. The number of rotatable bonds is 4. The van der Waals surface area contributed by atoms with Crippen LogP contribution in [0.1, 0.15) is 41.6 Å². The second kappa shape index (κ2) is 6.78. The molecule has 0 bridgehead atoms. The molecule has 0 saturated carbocycles. The van der Waals surface area contributed by atoms with Crippen LogP contribution in [-0.2, 0) is 16.0 Å². The van der Waals surface area contributed by atoms with Crippen molar-refractivity contribution in [3.05, 3.63) is 10.6 Å². The van der Waals surface area contributed by atoms with E-state index >= 15 is 0 Å². The van der Waals surface area contributed by atoms with E-state index in [2.05, 4.69) is 9.59 Å². The minimum absolute atomic E-state index is 0.0583. The van der Waals surface area contributed by atoms with Gasteiger partial charge in [-0.3, -0.25) is 9.59 Å². The molecule has 0 radical (unpaired) electrons. The summed E-state index contributed by atoms with van der Waals surface area (Å²) in [5.41, 5.74) is 0.766. The molecule has 6 nitrogen and oxygen atoms in total. The van der Waals surface area contributed by atoms with Crippen molar-refractivity contribution in [3.8, 4) is 0 Å². The van der Waals surface area contributed by atoms with E-state index < -0.39 is 0 Å². The number of likely N-dealkylation sites (tertiary alicyclic amines) is 1. The van der Waals surface area contributed by atoms with Crippen LogP contribution in [0.3, 0.4) is 0 Å². The van der Waals surface area contributed by atoms with Gasteiger partial charge >= 0.3 is 5.97 Å². The van der Waals surface area contributed by atoms with Crippen molar-refractivity contribution in [1.29, 1.82) is 0 Å². The fraction of sp³-hybridized carbons (Fsp3) is 0.692. The molecule has 0 spiro atoms. The number of nitrogens with zero attached hydrogens (tertiary/aromatic N) is 3. The first kappa shape index (κ1) is 14.9. The number of amides is 1. The van der Waals surface area contributed by atoms with Gasteiger partial charge < -0.3 is 9.64 Å². The molecule has 1 aliphatic heterocycles. The lowest BCUT2D eigenvalue weighted by Gasteiger charge is -2.31. The topological polar surface area (TPSA) is 72.4 Å². The zero-order valence-corrected chi connectivity index (χ0v) is 12.6. The number of ether oxygens (including phenoxy) is 1. The van der Waals surface area contributed by atoms with Crippen LogP contribution in [0.2, 0.25) is 0 Å². The maximum atomic E-state index is 12.5. The Balaban J connectivity index is 2.08. The lowest BCUT2D eigenvalue weighted by atomic mass is 9.98. The minimum Gasteiger partial charge on any atom is -0.469 e. The second-order valence-corrected chi connectivity index (χ2v) is 5.67. The second-order valence-electron chi connectivity index (χ2n) is 4.91. The van der Waals surface area contributed by atoms with Gasteiger partial charge in [-0.15, -0.1) is 5.10 Å². The number of hydrogen-bond donors (Lipinski definition) is 0. The lowest BCUT2D eigenvalue weighted by Crippen LogP contribution is -2.42. The van der Waals surface area contributed by atoms with Gasteiger partial charge in [0.2, 0.25) is 0 Å². The molecule has 1 fully saturated rings. The molecule has 20 heavy (non-hydrogen) atoms. The normalized spacial score (nSPS) is 18.9. The molecule has 1 atom stereocenters. The molecule has 1 amide bonds. The van der Waals surface area contributed by atoms with Crippen LogP contribution >= 0.6 is 11.5 Å². The van der Waals surface area contributed by atoms with E-state index in [0.29, 0.717) is 18.0 Å². The summed E-state index contributed by atoms with van der Waals surface area (Å²) in [5.74, 6) is -0.510. The Labute approximate surface area is 122 Å². The van der Waals surface area contributed by atoms with Gasteiger partial charge in [-0.25, -0.2) is 0 Å². The van der Waals surface area contributed by atoms with Crippen molar-refractivity contribution in [1.82, 2.24) is 14.5 Å². The third-order valence-electron chi connectivity index (χ3n) is 3.48. The largest absolute Gasteiger partial charge is 0.469 e. The van der Waals surface area contributed by atoms with Gasteiger partial charge in [0.25, 0.3) is 5.91 Å². The fourth-order valence-corrected chi connectivity index (χ4v) is 3.11. The first-order valence-electron chi connectivity index (χ1n) is 6.85. The average Bonchev–Trinajstić information content (AvgIpc) is 2.94. The molecule has 2 rings (SSSR count). The molecular weight excluding hydrogens is 278 g/mol. The molecule has 0 aliphatic carbocycles. The summed E-state index contributed by atoms with van der Waals surface area (Å²) in [6.07, 6.45) is 3.28. The van der Waals surface area contributed by atoms with Crippen LogP contribution in [-0.4, -0.2) is 46.6 Å². The van der Waals surface area contributed by atoms with Crippen molar-refractivity contribution in [2.75, 3.05) is 20.2 Å². The number of piperidine rings is 1. The Morgan fingerprint density at radius 3 is 3.00 bits per heavy atom. The summed E-state index contributed by atoms with van der Waals surface area (Å²) in [6, 6.07) is 0. The summed E-state index contributed by atoms with van der Waals surface area (Å²) in [5, 5.41) is 4.02. The maximum absolute atomic E-state index is 12.5. The number of hydrogen-bond acceptors (Lipinski definition) is 6. The van der Waals surface area contributed by atoms with Crippen molar-refractivity contribution < 1.29 is 14.3 Å². The molecule has 110 valence electrons. The summed E-state index contributed by atoms with van der Waals surface area (Å²) >= 11 is 1.14. The van der Waals surface area contributed by atoms with Gasteiger partial charge in [0, 0.05) is 13.1 Å². The Kier molecular flexibility index (Phi) is 5.05. The van der Waals surface area contributed by atoms with Gasteiger partial charge in [0.1, 0.15) is 4.88 Å². The highest BCUT2D eigenvalue weighted by Crippen LogP contribution is 2.22. The first-order valence-corrected chi connectivity index (χ1v) is 7.63. The van der Waals surface area contributed by atoms with Gasteiger partial charge in [-0.1, -0.05) is 17.8 Å². The van der Waals surface area contributed by atoms with E-state index in [9.17, 15) is 9.59 Å². The molecule has 0 unspecified atom stereocenters. The summed E-state index contributed by atoms with van der Waals surface area (Å²) < 4.78 is 8.65. The SMILES string of the molecule is CCCc1nnsc1C(=O)N1CCC[C@H](C(=O)OC)C1. The molecule has 7 heteroatoms. The van der Waals surface area contributed by atoms with Crippen LogP contribution < -0.4 is 0 Å². The Hall–Kier alpha value is -1.50. The predicted molar refractivity (Wildman–Crippen MR) is 74.5 cm³/mol. The van der Waals surface area contributed by atoms with E-state index in [-0.39, 0.29) is 17.8 Å². The minimum atomic E-state index is -0.237. The molecule has 2 heterocycles. The molecule has 1 aliphatic rings. The Morgan fingerprint density at radius 2 is 2.30 bits per heavy atom. The number of carbonyl (C=O) groups excluding carboxylic acids is 2. The smallest absolute Gasteiger partial charge is 0.310 e. The first-order chi connectivity index (χ1) is 9.67. The molecule has 0 N–H and O–H groups in total. The van der Waals surface area contributed by atoms with Crippen LogP contribution in [0.15, 0.2) is 0 Å². The number of carbonyl (C=O) groups is 2. The maximum Gasteiger partial charge on any atom is 0.310 e. The van der Waals surface area contributed by atoms with E-state index in [1.54, 1.807) is 4.90 Å². The Morgan fingerprint density at radius 1 is 1.50 bits per heavy atom. The quantitative estimate of drug-likeness (QED) is 0.788. The summed E-state index contributed by atoms with van der Waals surface area (Å²) in [7, 11) is 1.38. The average molecular weight is 297 g/mol. The third-order valence-corrected chi connectivity index (χ3v) is 4.24. The zero-order valence-electron chi connectivity index (χ0n) is 11.8. The third kappa shape index (κ3) is 3.15. The highest BCUT2D eigenvalue weighted by molar-refractivity contribution is 7.08. The monoisotopic (exact) mass is 297 g/mol. The molecule has 1 saturated heterocycles. The van der Waals surface area contributed by atoms with Crippen LogP contribution in [0, 0.1) is 5.92 Å². The molecule has 1 aromatic rings. The highest BCUT2D eigenvalue weighted by Gasteiger charge is 2.31. The molecular formula is C13H19N3O3S. The van der Waals surface area contributed by atoms with E-state index in [1.165, 1.54) is 7.11 Å². The number of aromatic nitrogens is 2. The number of aryl methyl sites for hydroxylation is 1. The van der Waals surface area contributed by atoms with Gasteiger partial charge in [0.15, 0.2) is 0 Å². The number of esters is 1. The highest BCUT2D eigenvalue weighted by atomic mass is 32.1. The van der Waals surface area contributed by atoms with E-state index in [0.717, 1.165) is 42.9 Å². The Bertz CT molecular complexity index is 489. The zero-order chi connectivity index (χ0) is 14.5. The summed E-state index contributed by atoms with van der Waals surface area (Å²) in [4.78, 5) is 26.5. The standard InChI is InChI=1S/C13H19N3O3S/c1-3-5-10-11(20-15-14-10)12(17)16-7-4-6-9(8-16)13(18)19-2/h9H,3-8H2,1-2H3/t9-/m0/s1. The van der Waals surface area contributed by atoms with Gasteiger partial charge in [-0.05, 0) is 30.8 Å². The van der Waals surface area contributed by atoms with Crippen molar-refractivity contribution in [3.63, 3.8) is 0 Å². The van der Waals surface area contributed by atoms with Crippen molar-refractivity contribution >= 4 is 23.4 Å². The van der Waals surface area contributed by atoms with E-state index in [1.807, 2.05) is 6.92 Å². The lowest BCUT2D eigenvalue weighted by molar-refractivity contribution is -0.146. The number of methoxy groups -OCH3 is 1. The van der Waals surface area contributed by atoms with Crippen LogP contribution in [0.4, 0.5) is 0 Å². The molecule has 0 aromatic carbocycles. The predicted octanol–water partition coefficient (Wildman–Crippen LogP) is 1.52. The van der Waals surface area contributed by atoms with Crippen LogP contribution in [0.25, 0.3) is 0 Å². The van der Waals surface area contributed by atoms with Gasteiger partial charge in [0.05, 0.1) is 18.7 Å². The van der Waals surface area contributed by atoms with Crippen molar-refractivity contribution in [2.45, 2.75) is 32.6 Å². The molecule has 1 aromatic heterocycles. The summed E-state index contributed by atoms with van der Waals surface area (Å²) in [6.45, 7) is 3.15. The van der Waals surface area contributed by atoms with Gasteiger partial charge in [-0.2, -0.15) is 0 Å². The van der Waals surface area contributed by atoms with Crippen molar-refractivity contribution in [2.24, 2.45) is 5.92 Å². The van der Waals surface area contributed by atoms with E-state index in [4.69, 9.17) is 4.74 Å².